The number of nitrogens with one attached hydrogen (secondary N) is 1. The minimum absolute atomic E-state index is 0.219. The predicted octanol–water partition coefficient (Wildman–Crippen LogP) is 1.35. The number of hydrogen-bond donors (Lipinski definition) is 1. The highest BCUT2D eigenvalue weighted by atomic mass is 19.3. The number of nitrogens with zero attached hydrogens (tertiary/aromatic N) is 1. The highest BCUT2D eigenvalue weighted by Crippen LogP contribution is 2.27. The molecule has 1 unspecified atom stereocenters. The highest BCUT2D eigenvalue weighted by molar-refractivity contribution is 5.87. The van der Waals surface area contributed by atoms with Gasteiger partial charge in [-0.05, 0) is 11.6 Å². The summed E-state index contributed by atoms with van der Waals surface area (Å²) in [6, 6.07) is 7.78. The number of likely N-dealkylation sites (tertiary alicyclic amines) is 1. The number of alkyl halides is 2. The lowest BCUT2D eigenvalue weighted by Gasteiger charge is -2.18. The van der Waals surface area contributed by atoms with Crippen molar-refractivity contribution in [1.82, 2.24) is 10.2 Å². The summed E-state index contributed by atoms with van der Waals surface area (Å²) in [7, 11) is 0. The van der Waals surface area contributed by atoms with E-state index in [1.54, 1.807) is 0 Å². The van der Waals surface area contributed by atoms with E-state index in [2.05, 4.69) is 11.9 Å². The third-order valence-corrected chi connectivity index (χ3v) is 3.48. The van der Waals surface area contributed by atoms with Crippen molar-refractivity contribution in [3.63, 3.8) is 0 Å². The highest BCUT2D eigenvalue weighted by Gasteiger charge is 2.49. The zero-order valence-corrected chi connectivity index (χ0v) is 12.5. The number of rotatable bonds is 6. The first kappa shape index (κ1) is 17.1. The van der Waals surface area contributed by atoms with Gasteiger partial charge in [-0.25, -0.2) is 8.78 Å². The lowest BCUT2D eigenvalue weighted by Crippen LogP contribution is -2.47. The molecule has 1 N–H and O–H groups in total. The van der Waals surface area contributed by atoms with Gasteiger partial charge in [0.05, 0.1) is 13.2 Å². The number of halogens is 2. The van der Waals surface area contributed by atoms with Crippen molar-refractivity contribution in [2.75, 3.05) is 19.7 Å². The summed E-state index contributed by atoms with van der Waals surface area (Å²) in [6.07, 6.45) is 0.975. The monoisotopic (exact) mass is 324 g/mol. The van der Waals surface area contributed by atoms with Crippen molar-refractivity contribution in [3.05, 3.63) is 48.6 Å². The second-order valence-corrected chi connectivity index (χ2v) is 5.28. The largest absolute Gasteiger partial charge is 0.367 e. The Bertz CT molecular complexity index is 578. The average Bonchev–Trinajstić information content (AvgIpc) is 2.82. The summed E-state index contributed by atoms with van der Waals surface area (Å²) in [4.78, 5) is 24.1. The van der Waals surface area contributed by atoms with E-state index in [1.807, 2.05) is 30.3 Å². The van der Waals surface area contributed by atoms with E-state index < -0.39 is 30.3 Å². The van der Waals surface area contributed by atoms with Gasteiger partial charge in [0.1, 0.15) is 12.6 Å². The van der Waals surface area contributed by atoms with Gasteiger partial charge in [-0.2, -0.15) is 0 Å². The van der Waals surface area contributed by atoms with Crippen molar-refractivity contribution in [2.45, 2.75) is 18.6 Å². The molecule has 0 spiro atoms. The van der Waals surface area contributed by atoms with Crippen LogP contribution in [0.5, 0.6) is 0 Å². The first-order chi connectivity index (χ1) is 10.9. The molecule has 2 rings (SSSR count). The van der Waals surface area contributed by atoms with E-state index in [-0.39, 0.29) is 19.8 Å². The van der Waals surface area contributed by atoms with Gasteiger partial charge in [0, 0.05) is 6.54 Å². The maximum atomic E-state index is 13.8. The zero-order valence-electron chi connectivity index (χ0n) is 12.5. The van der Waals surface area contributed by atoms with Crippen LogP contribution in [-0.4, -0.2) is 48.4 Å². The molecule has 23 heavy (non-hydrogen) atoms. The van der Waals surface area contributed by atoms with Crippen molar-refractivity contribution in [2.24, 2.45) is 0 Å². The molecule has 1 aromatic carbocycles. The second kappa shape index (κ2) is 7.32. The zero-order chi connectivity index (χ0) is 16.9. The van der Waals surface area contributed by atoms with Crippen LogP contribution in [0, 0.1) is 0 Å². The summed E-state index contributed by atoms with van der Waals surface area (Å²) < 4.78 is 32.8. The molecule has 1 aromatic rings. The Kier molecular flexibility index (Phi) is 5.44. The number of carbonyl (C=O) groups excluding carboxylic acids is 2. The fourth-order valence-corrected chi connectivity index (χ4v) is 2.30. The number of hydrogen-bond acceptors (Lipinski definition) is 3. The predicted molar refractivity (Wildman–Crippen MR) is 79.8 cm³/mol. The molecule has 0 aliphatic carbocycles. The van der Waals surface area contributed by atoms with Crippen LogP contribution in [-0.2, 0) is 20.9 Å². The number of ether oxygens (including phenoxy) is 1. The summed E-state index contributed by atoms with van der Waals surface area (Å²) in [5, 5.41) is 2.22. The maximum absolute atomic E-state index is 13.8. The van der Waals surface area contributed by atoms with Crippen LogP contribution < -0.4 is 5.32 Å². The second-order valence-electron chi connectivity index (χ2n) is 5.28. The maximum Gasteiger partial charge on any atom is 0.286 e. The Hall–Kier alpha value is -2.28. The van der Waals surface area contributed by atoms with Crippen LogP contribution in [0.4, 0.5) is 8.78 Å². The normalized spacial score (nSPS) is 19.4. The fraction of sp³-hybridized carbons (Fsp3) is 0.375. The van der Waals surface area contributed by atoms with Gasteiger partial charge in [-0.15, -0.1) is 0 Å². The van der Waals surface area contributed by atoms with E-state index >= 15 is 0 Å². The Balaban J connectivity index is 1.80. The van der Waals surface area contributed by atoms with Crippen molar-refractivity contribution in [1.29, 1.82) is 0 Å². The minimum Gasteiger partial charge on any atom is -0.367 e. The molecule has 5 nitrogen and oxygen atoms in total. The Morgan fingerprint density at radius 3 is 2.74 bits per heavy atom. The van der Waals surface area contributed by atoms with Gasteiger partial charge in [0.25, 0.3) is 5.92 Å². The van der Waals surface area contributed by atoms with Gasteiger partial charge in [-0.1, -0.05) is 36.9 Å². The van der Waals surface area contributed by atoms with Crippen molar-refractivity contribution < 1.29 is 23.1 Å². The molecule has 1 saturated heterocycles. The summed E-state index contributed by atoms with van der Waals surface area (Å²) in [5.74, 6) is -4.39. The first-order valence-corrected chi connectivity index (χ1v) is 7.12. The lowest BCUT2D eigenvalue weighted by atomic mass is 10.2. The third-order valence-electron chi connectivity index (χ3n) is 3.48. The van der Waals surface area contributed by atoms with Gasteiger partial charge in [-0.3, -0.25) is 9.59 Å². The van der Waals surface area contributed by atoms with Crippen molar-refractivity contribution in [3.8, 4) is 0 Å². The standard InChI is InChI=1S/C16H18F2N2O3/c1-2-15(22)20-8-13(16(17,18)11-20)19-14(21)10-23-9-12-6-4-3-5-7-12/h2-7,13H,1,8-11H2,(H,19,21). The van der Waals surface area contributed by atoms with E-state index in [0.717, 1.165) is 16.5 Å². The molecule has 2 amide bonds. The molecule has 1 heterocycles. The molecule has 1 aliphatic rings. The lowest BCUT2D eigenvalue weighted by molar-refractivity contribution is -0.129. The number of benzene rings is 1. The van der Waals surface area contributed by atoms with Crippen LogP contribution in [0.15, 0.2) is 43.0 Å². The van der Waals surface area contributed by atoms with Gasteiger partial charge in [0.15, 0.2) is 0 Å². The molecule has 0 saturated carbocycles. The number of amides is 2. The van der Waals surface area contributed by atoms with E-state index in [4.69, 9.17) is 4.74 Å². The first-order valence-electron chi connectivity index (χ1n) is 7.12. The quantitative estimate of drug-likeness (QED) is 0.804. The van der Waals surface area contributed by atoms with Crippen LogP contribution in [0.3, 0.4) is 0 Å². The van der Waals surface area contributed by atoms with Crippen LogP contribution in [0.25, 0.3) is 0 Å². The smallest absolute Gasteiger partial charge is 0.286 e. The molecule has 0 bridgehead atoms. The van der Waals surface area contributed by atoms with Gasteiger partial charge >= 0.3 is 0 Å². The Morgan fingerprint density at radius 1 is 1.39 bits per heavy atom. The van der Waals surface area contributed by atoms with E-state index in [9.17, 15) is 18.4 Å². The molecule has 0 aromatic heterocycles. The number of carbonyl (C=O) groups is 2. The van der Waals surface area contributed by atoms with E-state index in [1.165, 1.54) is 0 Å². The van der Waals surface area contributed by atoms with Crippen LogP contribution in [0.2, 0.25) is 0 Å². The van der Waals surface area contributed by atoms with Crippen LogP contribution >= 0.6 is 0 Å². The molecule has 124 valence electrons. The molecule has 0 radical (unpaired) electrons. The fourth-order valence-electron chi connectivity index (χ4n) is 2.30. The average molecular weight is 324 g/mol. The summed E-state index contributed by atoms with van der Waals surface area (Å²) in [5.41, 5.74) is 0.884. The molecule has 7 heteroatoms. The molecule has 1 atom stereocenters. The molecule has 1 fully saturated rings. The molecular weight excluding hydrogens is 306 g/mol. The minimum atomic E-state index is -3.17. The van der Waals surface area contributed by atoms with E-state index in [0.29, 0.717) is 0 Å². The molecule has 1 aliphatic heterocycles. The molecular formula is C16H18F2N2O3. The van der Waals surface area contributed by atoms with Crippen molar-refractivity contribution >= 4 is 11.8 Å². The Labute approximate surface area is 132 Å². The third kappa shape index (κ3) is 4.59. The van der Waals surface area contributed by atoms with Crippen LogP contribution in [0.1, 0.15) is 5.56 Å². The Morgan fingerprint density at radius 2 is 2.09 bits per heavy atom. The van der Waals surface area contributed by atoms with Gasteiger partial charge < -0.3 is 15.0 Å². The summed E-state index contributed by atoms with van der Waals surface area (Å²) in [6.45, 7) is 2.18. The topological polar surface area (TPSA) is 58.6 Å². The summed E-state index contributed by atoms with van der Waals surface area (Å²) >= 11 is 0. The SMILES string of the molecule is C=CC(=O)N1CC(NC(=O)COCc2ccccc2)C(F)(F)C1. The van der Waals surface area contributed by atoms with Gasteiger partial charge in [0.2, 0.25) is 11.8 Å².